The van der Waals surface area contributed by atoms with Crippen LogP contribution in [-0.4, -0.2) is 33.4 Å². The lowest BCUT2D eigenvalue weighted by molar-refractivity contribution is 0.0946. The summed E-state index contributed by atoms with van der Waals surface area (Å²) < 4.78 is 7.28. The van der Waals surface area contributed by atoms with Gasteiger partial charge in [0.2, 0.25) is 0 Å². The van der Waals surface area contributed by atoms with E-state index < -0.39 is 0 Å². The Balaban J connectivity index is 1.44. The molecule has 6 nitrogen and oxygen atoms in total. The van der Waals surface area contributed by atoms with Crippen LogP contribution in [0, 0.1) is 6.92 Å². The Labute approximate surface area is 144 Å². The predicted octanol–water partition coefficient (Wildman–Crippen LogP) is 2.26. The van der Waals surface area contributed by atoms with E-state index >= 15 is 0 Å². The van der Waals surface area contributed by atoms with Crippen molar-refractivity contribution >= 4 is 11.4 Å². The second-order valence-electron chi connectivity index (χ2n) is 6.84. The number of carbonyl (C=O) groups is 1. The first-order chi connectivity index (χ1) is 12.2. The second kappa shape index (κ2) is 5.05. The second-order valence-corrected chi connectivity index (χ2v) is 6.84. The molecular weight excluding hydrogens is 316 g/mol. The summed E-state index contributed by atoms with van der Waals surface area (Å²) in [6.45, 7) is 2.54. The number of amides is 1. The zero-order valence-electron chi connectivity index (χ0n) is 13.9. The fourth-order valence-electron chi connectivity index (χ4n) is 4.07. The van der Waals surface area contributed by atoms with Crippen molar-refractivity contribution in [3.05, 3.63) is 59.4 Å². The first-order valence-electron chi connectivity index (χ1n) is 8.53. The van der Waals surface area contributed by atoms with Gasteiger partial charge in [-0.3, -0.25) is 4.79 Å². The molecule has 5 rings (SSSR count). The summed E-state index contributed by atoms with van der Waals surface area (Å²) in [6, 6.07) is 12.0. The van der Waals surface area contributed by atoms with Crippen molar-refractivity contribution in [1.29, 1.82) is 0 Å². The van der Waals surface area contributed by atoms with E-state index in [4.69, 9.17) is 4.74 Å². The highest BCUT2D eigenvalue weighted by atomic mass is 16.5. The Kier molecular flexibility index (Phi) is 2.92. The van der Waals surface area contributed by atoms with E-state index in [2.05, 4.69) is 21.6 Å². The molecule has 2 atom stereocenters. The van der Waals surface area contributed by atoms with Gasteiger partial charge >= 0.3 is 0 Å². The molecule has 1 fully saturated rings. The molecule has 2 aromatic heterocycles. The first-order valence-corrected chi connectivity index (χ1v) is 8.53. The van der Waals surface area contributed by atoms with Crippen LogP contribution in [-0.2, 0) is 5.41 Å². The molecule has 3 aromatic rings. The third-order valence-electron chi connectivity index (χ3n) is 5.43. The third kappa shape index (κ3) is 2.06. The fourth-order valence-corrected chi connectivity index (χ4v) is 4.07. The van der Waals surface area contributed by atoms with Gasteiger partial charge in [0, 0.05) is 23.2 Å². The maximum Gasteiger partial charge on any atom is 0.255 e. The smallest absolute Gasteiger partial charge is 0.255 e. The van der Waals surface area contributed by atoms with E-state index in [1.165, 1.54) is 10.2 Å². The molecule has 2 aliphatic rings. The third-order valence-corrected chi connectivity index (χ3v) is 5.43. The van der Waals surface area contributed by atoms with E-state index in [1.54, 1.807) is 6.20 Å². The van der Waals surface area contributed by atoms with Gasteiger partial charge in [-0.2, -0.15) is 14.8 Å². The number of nitrogens with zero attached hydrogens (tertiary/aromatic N) is 3. The van der Waals surface area contributed by atoms with Crippen LogP contribution in [0.25, 0.3) is 5.52 Å². The van der Waals surface area contributed by atoms with Crippen LogP contribution in [0.3, 0.4) is 0 Å². The van der Waals surface area contributed by atoms with E-state index in [1.807, 2.05) is 37.3 Å². The van der Waals surface area contributed by atoms with Crippen molar-refractivity contribution < 1.29 is 9.53 Å². The van der Waals surface area contributed by atoms with Crippen molar-refractivity contribution in [2.75, 3.05) is 6.61 Å². The van der Waals surface area contributed by atoms with Crippen LogP contribution < -0.4 is 10.1 Å². The minimum atomic E-state index is -0.0775. The number of hydrogen-bond donors (Lipinski definition) is 1. The van der Waals surface area contributed by atoms with Crippen LogP contribution in [0.15, 0.2) is 42.6 Å². The average Bonchev–Trinajstić information content (AvgIpc) is 3.16. The number of carbonyl (C=O) groups excluding carboxylic acids is 1. The Morgan fingerprint density at radius 1 is 1.32 bits per heavy atom. The summed E-state index contributed by atoms with van der Waals surface area (Å²) in [4.78, 5) is 12.9. The summed E-state index contributed by atoms with van der Waals surface area (Å²) in [7, 11) is 0. The summed E-state index contributed by atoms with van der Waals surface area (Å²) in [5.41, 5.74) is 3.26. The van der Waals surface area contributed by atoms with Gasteiger partial charge in [-0.15, -0.1) is 0 Å². The maximum absolute atomic E-state index is 12.9. The Morgan fingerprint density at radius 2 is 2.20 bits per heavy atom. The minimum Gasteiger partial charge on any atom is -0.493 e. The highest BCUT2D eigenvalue weighted by molar-refractivity contribution is 6.02. The number of rotatable bonds is 2. The van der Waals surface area contributed by atoms with Crippen LogP contribution >= 0.6 is 0 Å². The van der Waals surface area contributed by atoms with Gasteiger partial charge in [0.1, 0.15) is 11.3 Å². The van der Waals surface area contributed by atoms with Gasteiger partial charge in [0.15, 0.2) is 0 Å². The van der Waals surface area contributed by atoms with Crippen molar-refractivity contribution in [1.82, 2.24) is 20.1 Å². The molecule has 6 heteroatoms. The standard InChI is InChI=1S/C19H18N4O2/c1-12-17(14-6-4-9-20-23(14)22-12)18(24)21-16-11-19(16)8-10-25-15-7-3-2-5-13(15)19/h2-7,9,16H,8,10-11H2,1H3,(H,21,24)/t16-,19+/m1/s1. The van der Waals surface area contributed by atoms with Crippen LogP contribution in [0.4, 0.5) is 0 Å². The molecule has 126 valence electrons. The van der Waals surface area contributed by atoms with Crippen molar-refractivity contribution in [2.24, 2.45) is 0 Å². The molecule has 1 aliphatic carbocycles. The van der Waals surface area contributed by atoms with Crippen LogP contribution in [0.5, 0.6) is 5.75 Å². The summed E-state index contributed by atoms with van der Waals surface area (Å²) in [6.07, 6.45) is 3.55. The van der Waals surface area contributed by atoms with Gasteiger partial charge in [-0.1, -0.05) is 18.2 Å². The zero-order valence-corrected chi connectivity index (χ0v) is 13.9. The molecule has 25 heavy (non-hydrogen) atoms. The lowest BCUT2D eigenvalue weighted by Crippen LogP contribution is -2.34. The Hall–Kier alpha value is -2.89. The average molecular weight is 334 g/mol. The SMILES string of the molecule is Cc1nn2ncccc2c1C(=O)N[C@@H]1C[C@]12CCOc1ccccc12. The normalized spacial score (nSPS) is 24.0. The maximum atomic E-state index is 12.9. The lowest BCUT2D eigenvalue weighted by atomic mass is 9.89. The molecular formula is C19H18N4O2. The largest absolute Gasteiger partial charge is 0.493 e. The topological polar surface area (TPSA) is 68.5 Å². The minimum absolute atomic E-state index is 0.0135. The highest BCUT2D eigenvalue weighted by Gasteiger charge is 2.58. The quantitative estimate of drug-likeness (QED) is 0.780. The van der Waals surface area contributed by atoms with Crippen molar-refractivity contribution in [2.45, 2.75) is 31.2 Å². The number of para-hydroxylation sites is 1. The number of benzene rings is 1. The fraction of sp³-hybridized carbons (Fsp3) is 0.316. The number of nitrogens with one attached hydrogen (secondary N) is 1. The van der Waals surface area contributed by atoms with Crippen LogP contribution in [0.1, 0.15) is 34.5 Å². The number of fused-ring (bicyclic) bond motifs is 3. The van der Waals surface area contributed by atoms with E-state index in [-0.39, 0.29) is 17.4 Å². The van der Waals surface area contributed by atoms with E-state index in [0.717, 1.165) is 24.1 Å². The predicted molar refractivity (Wildman–Crippen MR) is 91.8 cm³/mol. The molecule has 3 heterocycles. The van der Waals surface area contributed by atoms with Gasteiger partial charge in [-0.25, -0.2) is 0 Å². The molecule has 1 saturated carbocycles. The molecule has 0 saturated heterocycles. The lowest BCUT2D eigenvalue weighted by Gasteiger charge is -2.26. The Morgan fingerprint density at radius 3 is 3.12 bits per heavy atom. The van der Waals surface area contributed by atoms with Crippen molar-refractivity contribution in [3.63, 3.8) is 0 Å². The molecule has 1 N–H and O–H groups in total. The Bertz CT molecular complexity index is 996. The number of aromatic nitrogens is 3. The molecule has 0 bridgehead atoms. The van der Waals surface area contributed by atoms with Gasteiger partial charge in [0.25, 0.3) is 5.91 Å². The molecule has 1 amide bonds. The summed E-state index contributed by atoms with van der Waals surface area (Å²) in [5.74, 6) is 0.869. The number of ether oxygens (including phenoxy) is 1. The zero-order chi connectivity index (χ0) is 17.0. The summed E-state index contributed by atoms with van der Waals surface area (Å²) in [5, 5.41) is 11.7. The molecule has 1 aliphatic heterocycles. The molecule has 1 aromatic carbocycles. The summed E-state index contributed by atoms with van der Waals surface area (Å²) >= 11 is 0. The van der Waals surface area contributed by atoms with E-state index in [9.17, 15) is 4.79 Å². The number of aryl methyl sites for hydroxylation is 1. The van der Waals surface area contributed by atoms with Gasteiger partial charge < -0.3 is 10.1 Å². The first kappa shape index (κ1) is 14.5. The van der Waals surface area contributed by atoms with Gasteiger partial charge in [-0.05, 0) is 38.0 Å². The monoisotopic (exact) mass is 334 g/mol. The molecule has 0 unspecified atom stereocenters. The molecule has 1 spiro atoms. The van der Waals surface area contributed by atoms with Crippen LogP contribution in [0.2, 0.25) is 0 Å². The molecule has 0 radical (unpaired) electrons. The van der Waals surface area contributed by atoms with E-state index in [0.29, 0.717) is 17.9 Å². The van der Waals surface area contributed by atoms with Crippen molar-refractivity contribution in [3.8, 4) is 5.75 Å². The number of hydrogen-bond acceptors (Lipinski definition) is 4. The van der Waals surface area contributed by atoms with Gasteiger partial charge in [0.05, 0.1) is 17.9 Å². The highest BCUT2D eigenvalue weighted by Crippen LogP contribution is 2.56.